The topological polar surface area (TPSA) is 105 Å². The Labute approximate surface area is 224 Å². The number of amides is 1. The van der Waals surface area contributed by atoms with E-state index >= 15 is 0 Å². The molecule has 5 aromatic rings. The second kappa shape index (κ2) is 10.2. The number of rotatable bonds is 7. The molecular weight excluding hydrogens is 518 g/mol. The van der Waals surface area contributed by atoms with Gasteiger partial charge in [-0.3, -0.25) is 9.52 Å². The molecule has 0 saturated carbocycles. The van der Waals surface area contributed by atoms with Gasteiger partial charge in [-0.2, -0.15) is 10.2 Å². The lowest BCUT2D eigenvalue weighted by molar-refractivity contribution is 0.0959. The number of carbonyl (C=O) groups is 1. The quantitative estimate of drug-likeness (QED) is 0.204. The second-order valence-electron chi connectivity index (χ2n) is 8.80. The van der Waals surface area contributed by atoms with Crippen molar-refractivity contribution in [1.29, 1.82) is 0 Å². The highest BCUT2D eigenvalue weighted by molar-refractivity contribution is 7.92. The summed E-state index contributed by atoms with van der Waals surface area (Å²) < 4.78 is 29.7. The smallest absolute Gasteiger partial charge is 0.280 e. The van der Waals surface area contributed by atoms with Crippen molar-refractivity contribution in [2.45, 2.75) is 25.7 Å². The lowest BCUT2D eigenvalue weighted by Gasteiger charge is -2.09. The monoisotopic (exact) mass is 543 g/mol. The number of sulfonamides is 1. The minimum absolute atomic E-state index is 0.195. The van der Waals surface area contributed by atoms with Gasteiger partial charge >= 0.3 is 0 Å². The molecule has 0 spiro atoms. The molecule has 3 aromatic carbocycles. The van der Waals surface area contributed by atoms with Crippen LogP contribution in [-0.4, -0.2) is 29.8 Å². The highest BCUT2D eigenvalue weighted by Gasteiger charge is 2.17. The van der Waals surface area contributed by atoms with Gasteiger partial charge in [-0.1, -0.05) is 48.0 Å². The molecule has 38 heavy (non-hydrogen) atoms. The van der Waals surface area contributed by atoms with Crippen molar-refractivity contribution in [2.24, 2.45) is 5.10 Å². The van der Waals surface area contributed by atoms with E-state index in [2.05, 4.69) is 20.3 Å². The number of thiophene rings is 1. The maximum atomic E-state index is 12.9. The molecule has 8 nitrogen and oxygen atoms in total. The number of hydrazone groups is 1. The van der Waals surface area contributed by atoms with Crippen LogP contribution >= 0.6 is 11.3 Å². The molecule has 0 bridgehead atoms. The lowest BCUT2D eigenvalue weighted by Crippen LogP contribution is -2.18. The molecule has 0 saturated heterocycles. The zero-order valence-electron chi connectivity index (χ0n) is 21.0. The molecule has 2 heterocycles. The summed E-state index contributed by atoms with van der Waals surface area (Å²) in [6, 6.07) is 25.1. The molecule has 0 aliphatic rings. The maximum absolute atomic E-state index is 12.9. The number of carbonyl (C=O) groups excluding carboxylic acids is 1. The fourth-order valence-electron chi connectivity index (χ4n) is 3.87. The molecule has 10 heteroatoms. The van der Waals surface area contributed by atoms with Gasteiger partial charge < -0.3 is 0 Å². The van der Waals surface area contributed by atoms with E-state index in [0.717, 1.165) is 32.7 Å². The molecular formula is C28H25N5O3S2. The average molecular weight is 544 g/mol. The van der Waals surface area contributed by atoms with Crippen LogP contribution in [0.15, 0.2) is 94.9 Å². The van der Waals surface area contributed by atoms with E-state index in [1.54, 1.807) is 55.5 Å². The van der Waals surface area contributed by atoms with Gasteiger partial charge in [0.15, 0.2) is 0 Å². The van der Waals surface area contributed by atoms with Crippen molar-refractivity contribution in [3.63, 3.8) is 0 Å². The Hall–Kier alpha value is -4.28. The highest BCUT2D eigenvalue weighted by atomic mass is 32.2. The van der Waals surface area contributed by atoms with Crippen LogP contribution in [0.25, 0.3) is 15.9 Å². The first-order valence-corrected chi connectivity index (χ1v) is 14.1. The van der Waals surface area contributed by atoms with Crippen molar-refractivity contribution in [3.8, 4) is 5.69 Å². The Morgan fingerprint density at radius 1 is 0.947 bits per heavy atom. The van der Waals surface area contributed by atoms with E-state index in [0.29, 0.717) is 16.3 Å². The first kappa shape index (κ1) is 25.4. The maximum Gasteiger partial charge on any atom is 0.281 e. The molecule has 0 unspecified atom stereocenters. The van der Waals surface area contributed by atoms with Gasteiger partial charge in [0.2, 0.25) is 0 Å². The predicted molar refractivity (Wildman–Crippen MR) is 152 cm³/mol. The van der Waals surface area contributed by atoms with Crippen molar-refractivity contribution >= 4 is 48.9 Å². The zero-order chi connectivity index (χ0) is 26.9. The molecule has 0 aliphatic heterocycles. The number of nitrogens with zero attached hydrogens (tertiary/aromatic N) is 3. The summed E-state index contributed by atoms with van der Waals surface area (Å²) in [6.45, 7) is 5.59. The Balaban J connectivity index is 1.28. The summed E-state index contributed by atoms with van der Waals surface area (Å²) in [6.07, 6.45) is 0. The number of nitrogens with one attached hydrogen (secondary N) is 2. The summed E-state index contributed by atoms with van der Waals surface area (Å²) in [7, 11) is -3.69. The van der Waals surface area contributed by atoms with Crippen molar-refractivity contribution in [1.82, 2.24) is 15.2 Å². The summed E-state index contributed by atoms with van der Waals surface area (Å²) in [5.41, 5.74) is 7.14. The van der Waals surface area contributed by atoms with Gasteiger partial charge in [0.05, 0.1) is 26.9 Å². The first-order chi connectivity index (χ1) is 18.2. The van der Waals surface area contributed by atoms with Crippen LogP contribution in [0.4, 0.5) is 5.69 Å². The van der Waals surface area contributed by atoms with Crippen LogP contribution in [0, 0.1) is 13.8 Å². The van der Waals surface area contributed by atoms with Gasteiger partial charge in [-0.05, 0) is 68.8 Å². The molecule has 2 aromatic heterocycles. The van der Waals surface area contributed by atoms with Crippen LogP contribution in [0.3, 0.4) is 0 Å². The average Bonchev–Trinajstić information content (AvgIpc) is 3.48. The number of anilines is 1. The number of fused-ring (bicyclic) bond motifs is 1. The summed E-state index contributed by atoms with van der Waals surface area (Å²) in [5.74, 6) is -0.313. The van der Waals surface area contributed by atoms with Crippen molar-refractivity contribution in [3.05, 3.63) is 107 Å². The Kier molecular flexibility index (Phi) is 6.83. The Morgan fingerprint density at radius 2 is 1.63 bits per heavy atom. The minimum Gasteiger partial charge on any atom is -0.280 e. The van der Waals surface area contributed by atoms with Gasteiger partial charge in [-0.15, -0.1) is 11.3 Å². The van der Waals surface area contributed by atoms with E-state index < -0.39 is 10.0 Å². The van der Waals surface area contributed by atoms with Gasteiger partial charge in [0.25, 0.3) is 15.9 Å². The van der Waals surface area contributed by atoms with E-state index in [1.807, 2.05) is 54.9 Å². The molecule has 0 radical (unpaired) electrons. The first-order valence-electron chi connectivity index (χ1n) is 11.8. The third kappa shape index (κ3) is 5.22. The highest BCUT2D eigenvalue weighted by Crippen LogP contribution is 2.30. The molecule has 0 aliphatic carbocycles. The minimum atomic E-state index is -3.69. The lowest BCUT2D eigenvalue weighted by atomic mass is 10.1. The van der Waals surface area contributed by atoms with Crippen LogP contribution < -0.4 is 10.1 Å². The van der Waals surface area contributed by atoms with E-state index in [4.69, 9.17) is 0 Å². The van der Waals surface area contributed by atoms with E-state index in [-0.39, 0.29) is 10.8 Å². The Morgan fingerprint density at radius 3 is 2.32 bits per heavy atom. The predicted octanol–water partition coefficient (Wildman–Crippen LogP) is 5.66. The third-order valence-electron chi connectivity index (χ3n) is 5.98. The van der Waals surface area contributed by atoms with Crippen molar-refractivity contribution in [2.75, 3.05) is 4.72 Å². The number of benzene rings is 3. The van der Waals surface area contributed by atoms with E-state index in [9.17, 15) is 13.2 Å². The summed E-state index contributed by atoms with van der Waals surface area (Å²) >= 11 is 1.36. The van der Waals surface area contributed by atoms with Gasteiger partial charge in [0, 0.05) is 11.1 Å². The molecule has 1 amide bonds. The summed E-state index contributed by atoms with van der Waals surface area (Å²) in [5, 5.41) is 9.78. The van der Waals surface area contributed by atoms with Gasteiger partial charge in [-0.25, -0.2) is 18.5 Å². The van der Waals surface area contributed by atoms with Crippen molar-refractivity contribution < 1.29 is 13.2 Å². The fraction of sp³-hybridized carbons (Fsp3) is 0.107. The normalized spacial score (nSPS) is 12.0. The zero-order valence-corrected chi connectivity index (χ0v) is 22.6. The molecule has 0 atom stereocenters. The molecule has 0 fully saturated rings. The molecule has 5 rings (SSSR count). The standard InChI is InChI=1S/C28H25N5O3S2/c1-18-9-15-24(16-10-18)38(35,36)32-22-13-11-21(12-14-22)19(2)29-30-27(34)26-17-25-20(3)31-33(28(25)37-26)23-7-5-4-6-8-23/h4-17,32H,1-3H3,(H,30,34)/b29-19-. The number of para-hydroxylation sites is 1. The number of hydrogen-bond acceptors (Lipinski definition) is 6. The largest absolute Gasteiger partial charge is 0.281 e. The van der Waals surface area contributed by atoms with Crippen LogP contribution in [0.1, 0.15) is 33.4 Å². The number of aromatic nitrogens is 2. The van der Waals surface area contributed by atoms with Crippen LogP contribution in [0.5, 0.6) is 0 Å². The summed E-state index contributed by atoms with van der Waals surface area (Å²) in [4.78, 5) is 14.5. The molecule has 192 valence electrons. The van der Waals surface area contributed by atoms with Crippen LogP contribution in [0.2, 0.25) is 0 Å². The fourth-order valence-corrected chi connectivity index (χ4v) is 6.00. The number of hydrogen-bond donors (Lipinski definition) is 2. The second-order valence-corrected chi connectivity index (χ2v) is 11.5. The van der Waals surface area contributed by atoms with E-state index in [1.165, 1.54) is 11.3 Å². The Bertz CT molecular complexity index is 1750. The molecule has 2 N–H and O–H groups in total. The number of aryl methyl sites for hydroxylation is 2. The van der Waals surface area contributed by atoms with Crippen LogP contribution in [-0.2, 0) is 10.0 Å². The third-order valence-corrected chi connectivity index (χ3v) is 8.49. The van der Waals surface area contributed by atoms with Gasteiger partial charge in [0.1, 0.15) is 4.83 Å². The SMILES string of the molecule is C/C(=N/NC(=O)c1cc2c(C)nn(-c3ccccc3)c2s1)c1ccc(NS(=O)(=O)c2ccc(C)cc2)cc1.